The quantitative estimate of drug-likeness (QED) is 0.416. The van der Waals surface area contributed by atoms with Gasteiger partial charge in [0.1, 0.15) is 23.1 Å². The lowest BCUT2D eigenvalue weighted by Gasteiger charge is -2.11. The highest BCUT2D eigenvalue weighted by atomic mass is 16.5. The van der Waals surface area contributed by atoms with Crippen molar-refractivity contribution in [2.24, 2.45) is 0 Å². The fourth-order valence-electron chi connectivity index (χ4n) is 3.45. The van der Waals surface area contributed by atoms with E-state index in [1.165, 1.54) is 0 Å². The number of hydrogen-bond acceptors (Lipinski definition) is 6. The monoisotopic (exact) mass is 441 g/mol. The average molecular weight is 441 g/mol. The fourth-order valence-corrected chi connectivity index (χ4v) is 3.45. The molecule has 0 aliphatic rings. The molecule has 9 heteroatoms. The maximum absolute atomic E-state index is 12.4. The van der Waals surface area contributed by atoms with Crippen molar-refractivity contribution in [1.29, 1.82) is 5.26 Å². The van der Waals surface area contributed by atoms with E-state index in [0.29, 0.717) is 53.6 Å². The Balaban J connectivity index is 1.34. The van der Waals surface area contributed by atoms with Gasteiger partial charge in [0, 0.05) is 24.1 Å². The zero-order chi connectivity index (χ0) is 23.2. The van der Waals surface area contributed by atoms with Crippen LogP contribution in [-0.4, -0.2) is 32.2 Å². The van der Waals surface area contributed by atoms with Gasteiger partial charge in [-0.2, -0.15) is 10.4 Å². The standard InChI is InChI=1S/C24H23N7O2/c1-16-14-17(2)31-22(28-16)19(15-25)20(30-31)10-6-13-27-24(32)29-21-11-7-12-26-23(21)33-18-8-4-3-5-9-18/h3-5,7-9,11-12,14H,6,10,13H2,1-2H3,(H2,27,29,32). The molecule has 1 aromatic carbocycles. The Bertz CT molecular complexity index is 1330. The molecule has 2 N–H and O–H groups in total. The second-order valence-corrected chi connectivity index (χ2v) is 7.46. The van der Waals surface area contributed by atoms with Gasteiger partial charge >= 0.3 is 6.03 Å². The van der Waals surface area contributed by atoms with Crippen molar-refractivity contribution in [2.45, 2.75) is 26.7 Å². The number of urea groups is 1. The molecule has 3 heterocycles. The van der Waals surface area contributed by atoms with Crippen LogP contribution in [0, 0.1) is 25.2 Å². The van der Waals surface area contributed by atoms with Gasteiger partial charge in [-0.1, -0.05) is 18.2 Å². The van der Waals surface area contributed by atoms with Crippen LogP contribution in [0.5, 0.6) is 11.6 Å². The molecule has 0 aliphatic carbocycles. The van der Waals surface area contributed by atoms with Crippen LogP contribution in [-0.2, 0) is 6.42 Å². The van der Waals surface area contributed by atoms with Gasteiger partial charge in [0.05, 0.1) is 5.69 Å². The SMILES string of the molecule is Cc1cc(C)n2nc(CCCNC(=O)Nc3cccnc3Oc3ccccc3)c(C#N)c2n1. The molecule has 2 amide bonds. The van der Waals surface area contributed by atoms with Crippen LogP contribution in [0.3, 0.4) is 0 Å². The van der Waals surface area contributed by atoms with Crippen LogP contribution in [0.15, 0.2) is 54.7 Å². The minimum absolute atomic E-state index is 0.306. The summed E-state index contributed by atoms with van der Waals surface area (Å²) < 4.78 is 7.46. The van der Waals surface area contributed by atoms with E-state index in [4.69, 9.17) is 4.74 Å². The van der Waals surface area contributed by atoms with Crippen LogP contribution in [0.4, 0.5) is 10.5 Å². The van der Waals surface area contributed by atoms with Crippen molar-refractivity contribution in [1.82, 2.24) is 24.9 Å². The van der Waals surface area contributed by atoms with Crippen LogP contribution in [0.2, 0.25) is 0 Å². The molecule has 0 atom stereocenters. The highest BCUT2D eigenvalue weighted by molar-refractivity contribution is 5.90. The molecule has 0 radical (unpaired) electrons. The Kier molecular flexibility index (Phi) is 6.45. The molecular formula is C24H23N7O2. The molecule has 33 heavy (non-hydrogen) atoms. The molecule has 0 aliphatic heterocycles. The summed E-state index contributed by atoms with van der Waals surface area (Å²) in [6, 6.07) is 16.4. The zero-order valence-electron chi connectivity index (χ0n) is 18.4. The number of carbonyl (C=O) groups is 1. The van der Waals surface area contributed by atoms with Crippen molar-refractivity contribution < 1.29 is 9.53 Å². The Morgan fingerprint density at radius 1 is 1.18 bits per heavy atom. The number of amides is 2. The lowest BCUT2D eigenvalue weighted by atomic mass is 10.1. The first-order chi connectivity index (χ1) is 16.0. The van der Waals surface area contributed by atoms with Crippen LogP contribution in [0.1, 0.15) is 29.1 Å². The molecule has 4 rings (SSSR count). The number of rotatable bonds is 7. The van der Waals surface area contributed by atoms with Crippen molar-refractivity contribution in [3.05, 3.63) is 77.4 Å². The first kappa shape index (κ1) is 21.8. The highest BCUT2D eigenvalue weighted by Crippen LogP contribution is 2.26. The first-order valence-electron chi connectivity index (χ1n) is 10.5. The van der Waals surface area contributed by atoms with Gasteiger partial charge in [-0.3, -0.25) is 0 Å². The number of para-hydroxylation sites is 1. The van der Waals surface area contributed by atoms with E-state index in [1.807, 2.05) is 50.2 Å². The largest absolute Gasteiger partial charge is 0.437 e. The number of aryl methyl sites for hydroxylation is 3. The molecular weight excluding hydrogens is 418 g/mol. The summed E-state index contributed by atoms with van der Waals surface area (Å²) in [5.74, 6) is 0.931. The van der Waals surface area contributed by atoms with Crippen LogP contribution < -0.4 is 15.4 Å². The van der Waals surface area contributed by atoms with E-state index in [2.05, 4.69) is 31.8 Å². The second kappa shape index (κ2) is 9.78. The number of aromatic nitrogens is 4. The smallest absolute Gasteiger partial charge is 0.319 e. The minimum atomic E-state index is -0.371. The van der Waals surface area contributed by atoms with E-state index in [9.17, 15) is 10.1 Å². The Morgan fingerprint density at radius 3 is 2.79 bits per heavy atom. The molecule has 0 unspecified atom stereocenters. The number of nitrogens with one attached hydrogen (secondary N) is 2. The molecule has 3 aromatic heterocycles. The van der Waals surface area contributed by atoms with E-state index in [-0.39, 0.29) is 6.03 Å². The van der Waals surface area contributed by atoms with Gasteiger partial charge in [-0.25, -0.2) is 19.3 Å². The van der Waals surface area contributed by atoms with Gasteiger partial charge in [0.25, 0.3) is 0 Å². The number of carbonyl (C=O) groups excluding carboxylic acids is 1. The first-order valence-corrected chi connectivity index (χ1v) is 10.5. The highest BCUT2D eigenvalue weighted by Gasteiger charge is 2.15. The summed E-state index contributed by atoms with van der Waals surface area (Å²) in [5.41, 5.74) is 3.94. The fraction of sp³-hybridized carbons (Fsp3) is 0.208. The molecule has 0 saturated carbocycles. The van der Waals surface area contributed by atoms with E-state index in [0.717, 1.165) is 11.4 Å². The van der Waals surface area contributed by atoms with Gasteiger partial charge < -0.3 is 15.4 Å². The summed E-state index contributed by atoms with van der Waals surface area (Å²) in [6.45, 7) is 4.23. The number of pyridine rings is 1. The number of ether oxygens (including phenoxy) is 1. The van der Waals surface area contributed by atoms with Gasteiger partial charge in [0.15, 0.2) is 5.65 Å². The van der Waals surface area contributed by atoms with Gasteiger partial charge in [0.2, 0.25) is 5.88 Å². The lowest BCUT2D eigenvalue weighted by molar-refractivity contribution is 0.252. The minimum Gasteiger partial charge on any atom is -0.437 e. The third-order valence-electron chi connectivity index (χ3n) is 4.93. The molecule has 0 bridgehead atoms. The zero-order valence-corrected chi connectivity index (χ0v) is 18.4. The lowest BCUT2D eigenvalue weighted by Crippen LogP contribution is -2.30. The maximum Gasteiger partial charge on any atom is 0.319 e. The van der Waals surface area contributed by atoms with Crippen LogP contribution >= 0.6 is 0 Å². The summed E-state index contributed by atoms with van der Waals surface area (Å²) in [6.07, 6.45) is 2.76. The molecule has 9 nitrogen and oxygen atoms in total. The molecule has 0 spiro atoms. The Morgan fingerprint density at radius 2 is 2.00 bits per heavy atom. The number of anilines is 1. The van der Waals surface area contributed by atoms with E-state index < -0.39 is 0 Å². The normalized spacial score (nSPS) is 10.6. The van der Waals surface area contributed by atoms with Crippen molar-refractivity contribution in [3.8, 4) is 17.7 Å². The summed E-state index contributed by atoms with van der Waals surface area (Å²) in [5, 5.41) is 19.7. The molecule has 0 fully saturated rings. The van der Waals surface area contributed by atoms with Gasteiger partial charge in [-0.15, -0.1) is 0 Å². The molecule has 4 aromatic rings. The number of benzene rings is 1. The molecule has 166 valence electrons. The van der Waals surface area contributed by atoms with Crippen LogP contribution in [0.25, 0.3) is 5.65 Å². The third kappa shape index (κ3) is 5.07. The Labute approximate surface area is 191 Å². The third-order valence-corrected chi connectivity index (χ3v) is 4.93. The number of nitriles is 1. The van der Waals surface area contributed by atoms with Crippen molar-refractivity contribution >= 4 is 17.4 Å². The average Bonchev–Trinajstić information content (AvgIpc) is 3.16. The number of nitrogens with zero attached hydrogens (tertiary/aromatic N) is 5. The topological polar surface area (TPSA) is 117 Å². The Hall–Kier alpha value is -4.45. The summed E-state index contributed by atoms with van der Waals surface area (Å²) in [4.78, 5) is 21.0. The molecule has 0 saturated heterocycles. The summed E-state index contributed by atoms with van der Waals surface area (Å²) in [7, 11) is 0. The number of fused-ring (bicyclic) bond motifs is 1. The predicted molar refractivity (Wildman–Crippen MR) is 123 cm³/mol. The maximum atomic E-state index is 12.4. The van der Waals surface area contributed by atoms with E-state index >= 15 is 0 Å². The predicted octanol–water partition coefficient (Wildman–Crippen LogP) is 4.16. The van der Waals surface area contributed by atoms with E-state index in [1.54, 1.807) is 22.8 Å². The van der Waals surface area contributed by atoms with Crippen molar-refractivity contribution in [3.63, 3.8) is 0 Å². The van der Waals surface area contributed by atoms with Crippen molar-refractivity contribution in [2.75, 3.05) is 11.9 Å². The second-order valence-electron chi connectivity index (χ2n) is 7.46. The van der Waals surface area contributed by atoms with Gasteiger partial charge in [-0.05, 0) is 57.0 Å². The number of hydrogen-bond donors (Lipinski definition) is 2. The summed E-state index contributed by atoms with van der Waals surface area (Å²) >= 11 is 0.